The lowest BCUT2D eigenvalue weighted by atomic mass is 10.2. The molecule has 0 aliphatic rings. The maximum atomic E-state index is 12.3. The van der Waals surface area contributed by atoms with Gasteiger partial charge in [-0.25, -0.2) is 10.2 Å². The first-order valence-electron chi connectivity index (χ1n) is 9.49. The fraction of sp³-hybridized carbons (Fsp3) is 0.0870. The number of hydrogen-bond donors (Lipinski definition) is 1. The summed E-state index contributed by atoms with van der Waals surface area (Å²) in [6, 6.07) is 19.0. The van der Waals surface area contributed by atoms with Crippen LogP contribution in [0.5, 0.6) is 11.5 Å². The van der Waals surface area contributed by atoms with Crippen LogP contribution in [0.15, 0.2) is 77.9 Å². The van der Waals surface area contributed by atoms with Crippen molar-refractivity contribution >= 4 is 23.8 Å². The number of hydrazone groups is 1. The van der Waals surface area contributed by atoms with Crippen LogP contribution >= 0.6 is 0 Å². The molecule has 0 aliphatic carbocycles. The maximum absolute atomic E-state index is 12.3. The molecule has 0 atom stereocenters. The van der Waals surface area contributed by atoms with Gasteiger partial charge in [0.25, 0.3) is 11.6 Å². The van der Waals surface area contributed by atoms with E-state index in [1.165, 1.54) is 30.5 Å². The lowest BCUT2D eigenvalue weighted by molar-refractivity contribution is -0.384. The summed E-state index contributed by atoms with van der Waals surface area (Å²) in [5.41, 5.74) is 3.69. The van der Waals surface area contributed by atoms with Gasteiger partial charge in [0.05, 0.1) is 16.7 Å². The van der Waals surface area contributed by atoms with E-state index < -0.39 is 16.8 Å². The second-order valence-electron chi connectivity index (χ2n) is 6.62. The van der Waals surface area contributed by atoms with E-state index in [0.717, 1.165) is 11.6 Å². The molecule has 32 heavy (non-hydrogen) atoms. The lowest BCUT2D eigenvalue weighted by Crippen LogP contribution is -2.24. The highest BCUT2D eigenvalue weighted by molar-refractivity contribution is 5.92. The molecule has 162 valence electrons. The number of nitro benzene ring substituents is 1. The highest BCUT2D eigenvalue weighted by Crippen LogP contribution is 2.18. The molecule has 3 rings (SSSR count). The molecule has 9 nitrogen and oxygen atoms in total. The van der Waals surface area contributed by atoms with Crippen LogP contribution in [0.3, 0.4) is 0 Å². The third kappa shape index (κ3) is 6.23. The Labute approximate surface area is 183 Å². The molecular weight excluding hydrogens is 414 g/mol. The van der Waals surface area contributed by atoms with E-state index in [-0.39, 0.29) is 23.6 Å². The third-order valence-electron chi connectivity index (χ3n) is 4.22. The van der Waals surface area contributed by atoms with Gasteiger partial charge in [0.1, 0.15) is 11.5 Å². The van der Waals surface area contributed by atoms with Gasteiger partial charge in [-0.15, -0.1) is 0 Å². The molecule has 0 aliphatic heterocycles. The number of para-hydroxylation sites is 1. The number of esters is 1. The number of rotatable bonds is 8. The van der Waals surface area contributed by atoms with E-state index in [1.54, 1.807) is 24.3 Å². The van der Waals surface area contributed by atoms with Crippen molar-refractivity contribution in [2.45, 2.75) is 6.92 Å². The first kappa shape index (κ1) is 22.2. The average Bonchev–Trinajstić information content (AvgIpc) is 2.79. The summed E-state index contributed by atoms with van der Waals surface area (Å²) < 4.78 is 10.7. The van der Waals surface area contributed by atoms with Gasteiger partial charge in [-0.05, 0) is 42.3 Å². The number of amides is 1. The van der Waals surface area contributed by atoms with Crippen molar-refractivity contribution in [3.8, 4) is 11.5 Å². The van der Waals surface area contributed by atoms with Crippen LogP contribution in [0.2, 0.25) is 0 Å². The SMILES string of the molecule is Cc1ccccc1OCC(=O)NN=Cc1cccc(OC(=O)c2cccc([N+](=O)[O-])c2)c1. The number of ether oxygens (including phenoxy) is 2. The molecule has 3 aromatic rings. The number of benzene rings is 3. The maximum Gasteiger partial charge on any atom is 0.343 e. The average molecular weight is 433 g/mol. The molecular formula is C23H19N3O6. The van der Waals surface area contributed by atoms with Crippen molar-refractivity contribution in [1.29, 1.82) is 0 Å². The number of carbonyl (C=O) groups is 2. The Morgan fingerprint density at radius 2 is 1.84 bits per heavy atom. The standard InChI is InChI=1S/C23H19N3O6/c1-16-6-2-3-11-21(16)31-15-22(27)25-24-14-17-7-4-10-20(12-17)32-23(28)18-8-5-9-19(13-18)26(29)30/h2-14H,15H2,1H3,(H,25,27). The molecule has 0 heterocycles. The third-order valence-corrected chi connectivity index (χ3v) is 4.22. The van der Waals surface area contributed by atoms with Crippen LogP contribution in [0, 0.1) is 17.0 Å². The topological polar surface area (TPSA) is 120 Å². The second kappa shape index (κ2) is 10.5. The van der Waals surface area contributed by atoms with Crippen molar-refractivity contribution in [1.82, 2.24) is 5.43 Å². The zero-order valence-corrected chi connectivity index (χ0v) is 17.1. The molecule has 0 bridgehead atoms. The summed E-state index contributed by atoms with van der Waals surface area (Å²) in [4.78, 5) is 34.4. The van der Waals surface area contributed by atoms with Gasteiger partial charge in [-0.1, -0.05) is 36.4 Å². The van der Waals surface area contributed by atoms with Gasteiger partial charge in [0.15, 0.2) is 6.61 Å². The Morgan fingerprint density at radius 1 is 1.06 bits per heavy atom. The van der Waals surface area contributed by atoms with Crippen LogP contribution in [-0.2, 0) is 4.79 Å². The van der Waals surface area contributed by atoms with E-state index in [1.807, 2.05) is 25.1 Å². The molecule has 9 heteroatoms. The van der Waals surface area contributed by atoms with Crippen molar-refractivity contribution in [2.24, 2.45) is 5.10 Å². The summed E-state index contributed by atoms with van der Waals surface area (Å²) in [6.07, 6.45) is 1.39. The Morgan fingerprint density at radius 3 is 2.62 bits per heavy atom. The summed E-state index contributed by atoms with van der Waals surface area (Å²) in [5.74, 6) is -0.327. The molecule has 0 saturated heterocycles. The Kier molecular flexibility index (Phi) is 7.26. The minimum absolute atomic E-state index is 0.0548. The van der Waals surface area contributed by atoms with E-state index in [9.17, 15) is 19.7 Å². The number of hydrogen-bond acceptors (Lipinski definition) is 7. The first-order valence-corrected chi connectivity index (χ1v) is 9.49. The molecule has 0 spiro atoms. The fourth-order valence-electron chi connectivity index (χ4n) is 2.64. The number of nitrogens with one attached hydrogen (secondary N) is 1. The highest BCUT2D eigenvalue weighted by atomic mass is 16.6. The number of aryl methyl sites for hydroxylation is 1. The Bertz CT molecular complexity index is 1180. The normalized spacial score (nSPS) is 10.5. The Balaban J connectivity index is 1.55. The Hall–Kier alpha value is -4.53. The lowest BCUT2D eigenvalue weighted by Gasteiger charge is -2.07. The minimum Gasteiger partial charge on any atom is -0.483 e. The summed E-state index contributed by atoms with van der Waals surface area (Å²) in [7, 11) is 0. The van der Waals surface area contributed by atoms with Crippen LogP contribution < -0.4 is 14.9 Å². The highest BCUT2D eigenvalue weighted by Gasteiger charge is 2.13. The van der Waals surface area contributed by atoms with Gasteiger partial charge in [0, 0.05) is 12.1 Å². The van der Waals surface area contributed by atoms with Crippen LogP contribution in [0.1, 0.15) is 21.5 Å². The summed E-state index contributed by atoms with van der Waals surface area (Å²) in [6.45, 7) is 1.69. The quantitative estimate of drug-likeness (QED) is 0.190. The van der Waals surface area contributed by atoms with E-state index >= 15 is 0 Å². The molecule has 1 amide bonds. The summed E-state index contributed by atoms with van der Waals surface area (Å²) in [5, 5.41) is 14.7. The molecule has 0 saturated carbocycles. The number of carbonyl (C=O) groups excluding carboxylic acids is 2. The predicted molar refractivity (Wildman–Crippen MR) is 117 cm³/mol. The van der Waals surface area contributed by atoms with Crippen molar-refractivity contribution in [3.05, 3.63) is 99.6 Å². The molecule has 1 N–H and O–H groups in total. The number of nitrogens with zero attached hydrogens (tertiary/aromatic N) is 2. The zero-order valence-electron chi connectivity index (χ0n) is 17.1. The zero-order chi connectivity index (χ0) is 22.9. The molecule has 0 unspecified atom stereocenters. The van der Waals surface area contributed by atoms with Gasteiger partial charge in [-0.2, -0.15) is 5.10 Å². The van der Waals surface area contributed by atoms with Crippen LogP contribution in [0.4, 0.5) is 5.69 Å². The fourth-order valence-corrected chi connectivity index (χ4v) is 2.64. The first-order chi connectivity index (χ1) is 15.4. The molecule has 0 radical (unpaired) electrons. The van der Waals surface area contributed by atoms with E-state index in [0.29, 0.717) is 11.3 Å². The van der Waals surface area contributed by atoms with Crippen molar-refractivity contribution < 1.29 is 24.0 Å². The van der Waals surface area contributed by atoms with E-state index in [4.69, 9.17) is 9.47 Å². The van der Waals surface area contributed by atoms with Crippen molar-refractivity contribution in [3.63, 3.8) is 0 Å². The van der Waals surface area contributed by atoms with Gasteiger partial charge in [0.2, 0.25) is 0 Å². The van der Waals surface area contributed by atoms with Gasteiger partial charge >= 0.3 is 5.97 Å². The summed E-state index contributed by atoms with van der Waals surface area (Å²) >= 11 is 0. The number of nitro groups is 1. The van der Waals surface area contributed by atoms with Gasteiger partial charge < -0.3 is 9.47 Å². The molecule has 0 aromatic heterocycles. The predicted octanol–water partition coefficient (Wildman–Crippen LogP) is 3.65. The number of non-ortho nitro benzene ring substituents is 1. The minimum atomic E-state index is -0.732. The smallest absolute Gasteiger partial charge is 0.343 e. The van der Waals surface area contributed by atoms with E-state index in [2.05, 4.69) is 10.5 Å². The second-order valence-corrected chi connectivity index (χ2v) is 6.62. The van der Waals surface area contributed by atoms with Crippen LogP contribution in [-0.4, -0.2) is 29.6 Å². The monoisotopic (exact) mass is 433 g/mol. The van der Waals surface area contributed by atoms with Crippen LogP contribution in [0.25, 0.3) is 0 Å². The molecule has 3 aromatic carbocycles. The molecule has 0 fully saturated rings. The van der Waals surface area contributed by atoms with Crippen molar-refractivity contribution in [2.75, 3.05) is 6.61 Å². The van der Waals surface area contributed by atoms with Gasteiger partial charge in [-0.3, -0.25) is 14.9 Å². The largest absolute Gasteiger partial charge is 0.483 e.